The van der Waals surface area contributed by atoms with Crippen molar-refractivity contribution < 1.29 is 0 Å². The van der Waals surface area contributed by atoms with Crippen LogP contribution in [0.3, 0.4) is 0 Å². The SMILES string of the molecule is CNCC1CCCCN1Cc1nc(N)c2ccccc2n1. The minimum absolute atomic E-state index is 0.569. The molecule has 0 bridgehead atoms. The average molecular weight is 285 g/mol. The standard InChI is InChI=1S/C16H23N5/c1-18-10-12-6-4-5-9-21(12)11-15-19-14-8-3-2-7-13(14)16(17)20-15/h2-3,7-8,12,18H,4-6,9-11H2,1H3,(H2,17,19,20). The molecule has 0 spiro atoms. The van der Waals surface area contributed by atoms with Gasteiger partial charge < -0.3 is 11.1 Å². The number of nitrogens with two attached hydrogens (primary N) is 1. The van der Waals surface area contributed by atoms with Crippen molar-refractivity contribution in [2.24, 2.45) is 0 Å². The molecular weight excluding hydrogens is 262 g/mol. The number of likely N-dealkylation sites (tertiary alicyclic amines) is 1. The Morgan fingerprint density at radius 3 is 3.00 bits per heavy atom. The van der Waals surface area contributed by atoms with E-state index in [1.807, 2.05) is 31.3 Å². The van der Waals surface area contributed by atoms with Gasteiger partial charge >= 0.3 is 0 Å². The number of hydrogen-bond donors (Lipinski definition) is 2. The van der Waals surface area contributed by atoms with Crippen molar-refractivity contribution in [2.45, 2.75) is 31.8 Å². The van der Waals surface area contributed by atoms with Crippen molar-refractivity contribution in [1.82, 2.24) is 20.2 Å². The molecule has 1 saturated heterocycles. The van der Waals surface area contributed by atoms with Gasteiger partial charge in [0.25, 0.3) is 0 Å². The molecule has 5 heteroatoms. The molecule has 1 unspecified atom stereocenters. The van der Waals surface area contributed by atoms with Gasteiger partial charge in [-0.1, -0.05) is 18.6 Å². The van der Waals surface area contributed by atoms with Crippen molar-refractivity contribution in [3.05, 3.63) is 30.1 Å². The van der Waals surface area contributed by atoms with Crippen molar-refractivity contribution in [3.8, 4) is 0 Å². The highest BCUT2D eigenvalue weighted by Crippen LogP contribution is 2.21. The summed E-state index contributed by atoms with van der Waals surface area (Å²) >= 11 is 0. The van der Waals surface area contributed by atoms with Gasteiger partial charge in [0.2, 0.25) is 0 Å². The molecule has 0 saturated carbocycles. The Morgan fingerprint density at radius 2 is 2.14 bits per heavy atom. The number of aromatic nitrogens is 2. The lowest BCUT2D eigenvalue weighted by Gasteiger charge is -2.35. The monoisotopic (exact) mass is 285 g/mol. The fourth-order valence-electron chi connectivity index (χ4n) is 3.14. The molecule has 1 atom stereocenters. The zero-order valence-corrected chi connectivity index (χ0v) is 12.5. The van der Waals surface area contributed by atoms with Crippen molar-refractivity contribution >= 4 is 16.7 Å². The molecule has 1 fully saturated rings. The number of likely N-dealkylation sites (N-methyl/N-ethyl adjacent to an activating group) is 1. The first-order chi connectivity index (χ1) is 10.3. The van der Waals surface area contributed by atoms with E-state index in [0.717, 1.165) is 36.4 Å². The maximum Gasteiger partial charge on any atom is 0.145 e. The minimum atomic E-state index is 0.569. The quantitative estimate of drug-likeness (QED) is 0.896. The van der Waals surface area contributed by atoms with Gasteiger partial charge in [-0.25, -0.2) is 9.97 Å². The van der Waals surface area contributed by atoms with E-state index in [4.69, 9.17) is 5.73 Å². The van der Waals surface area contributed by atoms with Gasteiger partial charge in [-0.15, -0.1) is 0 Å². The van der Waals surface area contributed by atoms with Crippen LogP contribution in [0.4, 0.5) is 5.82 Å². The van der Waals surface area contributed by atoms with Gasteiger partial charge in [0.15, 0.2) is 0 Å². The number of piperidine rings is 1. The summed E-state index contributed by atoms with van der Waals surface area (Å²) in [6, 6.07) is 8.50. The molecule has 0 aliphatic carbocycles. The van der Waals surface area contributed by atoms with Crippen LogP contribution in [0.25, 0.3) is 10.9 Å². The summed E-state index contributed by atoms with van der Waals surface area (Å²) in [4.78, 5) is 11.6. The number of nitrogens with zero attached hydrogens (tertiary/aromatic N) is 3. The van der Waals surface area contributed by atoms with Crippen LogP contribution in [0.15, 0.2) is 24.3 Å². The molecule has 1 aliphatic rings. The van der Waals surface area contributed by atoms with E-state index in [-0.39, 0.29) is 0 Å². The largest absolute Gasteiger partial charge is 0.383 e. The van der Waals surface area contributed by atoms with Crippen LogP contribution in [0.2, 0.25) is 0 Å². The first-order valence-electron chi connectivity index (χ1n) is 7.67. The van der Waals surface area contributed by atoms with Crippen LogP contribution in [0.5, 0.6) is 0 Å². The Kier molecular flexibility index (Phi) is 4.31. The van der Waals surface area contributed by atoms with E-state index < -0.39 is 0 Å². The van der Waals surface area contributed by atoms with E-state index in [9.17, 15) is 0 Å². The number of para-hydroxylation sites is 1. The average Bonchev–Trinajstić information content (AvgIpc) is 2.50. The molecule has 5 nitrogen and oxygen atoms in total. The van der Waals surface area contributed by atoms with Gasteiger partial charge in [0.1, 0.15) is 11.6 Å². The highest BCUT2D eigenvalue weighted by molar-refractivity contribution is 5.87. The molecule has 0 amide bonds. The minimum Gasteiger partial charge on any atom is -0.383 e. The molecule has 3 rings (SSSR count). The number of nitrogen functional groups attached to an aromatic ring is 1. The van der Waals surface area contributed by atoms with Gasteiger partial charge in [0.05, 0.1) is 12.1 Å². The third-order valence-electron chi connectivity index (χ3n) is 4.21. The van der Waals surface area contributed by atoms with Crippen molar-refractivity contribution in [3.63, 3.8) is 0 Å². The Labute approximate surface area is 125 Å². The maximum atomic E-state index is 6.07. The second-order valence-corrected chi connectivity index (χ2v) is 5.72. The first kappa shape index (κ1) is 14.2. The zero-order valence-electron chi connectivity index (χ0n) is 12.5. The van der Waals surface area contributed by atoms with E-state index in [0.29, 0.717) is 11.9 Å². The zero-order chi connectivity index (χ0) is 14.7. The highest BCUT2D eigenvalue weighted by Gasteiger charge is 2.22. The number of rotatable bonds is 4. The molecule has 0 radical (unpaired) electrons. The smallest absolute Gasteiger partial charge is 0.145 e. The molecule has 1 aliphatic heterocycles. The number of anilines is 1. The summed E-state index contributed by atoms with van der Waals surface area (Å²) in [5, 5.41) is 4.22. The van der Waals surface area contributed by atoms with E-state index in [1.165, 1.54) is 19.3 Å². The third kappa shape index (κ3) is 3.14. The molecule has 3 N–H and O–H groups in total. The molecular formula is C16H23N5. The van der Waals surface area contributed by atoms with Crippen LogP contribution < -0.4 is 11.1 Å². The second-order valence-electron chi connectivity index (χ2n) is 5.72. The molecule has 1 aromatic carbocycles. The van der Waals surface area contributed by atoms with E-state index in [2.05, 4.69) is 20.2 Å². The normalized spacial score (nSPS) is 20.0. The summed E-state index contributed by atoms with van der Waals surface area (Å²) in [5.41, 5.74) is 7.01. The van der Waals surface area contributed by atoms with Gasteiger partial charge in [-0.2, -0.15) is 0 Å². The predicted octanol–water partition coefficient (Wildman–Crippen LogP) is 1.79. The molecule has 21 heavy (non-hydrogen) atoms. The Hall–Kier alpha value is -1.72. The van der Waals surface area contributed by atoms with E-state index in [1.54, 1.807) is 0 Å². The van der Waals surface area contributed by atoms with Crippen LogP contribution in [0.1, 0.15) is 25.1 Å². The van der Waals surface area contributed by atoms with E-state index >= 15 is 0 Å². The number of hydrogen-bond acceptors (Lipinski definition) is 5. The summed E-state index contributed by atoms with van der Waals surface area (Å²) in [7, 11) is 2.01. The maximum absolute atomic E-state index is 6.07. The Morgan fingerprint density at radius 1 is 1.29 bits per heavy atom. The highest BCUT2D eigenvalue weighted by atomic mass is 15.2. The van der Waals surface area contributed by atoms with Crippen LogP contribution >= 0.6 is 0 Å². The number of fused-ring (bicyclic) bond motifs is 1. The fourth-order valence-corrected chi connectivity index (χ4v) is 3.14. The number of benzene rings is 1. The topological polar surface area (TPSA) is 67.1 Å². The fraction of sp³-hybridized carbons (Fsp3) is 0.500. The molecule has 2 aromatic rings. The van der Waals surface area contributed by atoms with Gasteiger partial charge in [-0.3, -0.25) is 4.90 Å². The molecule has 2 heterocycles. The summed E-state index contributed by atoms with van der Waals surface area (Å²) in [6.07, 6.45) is 3.80. The van der Waals surface area contributed by atoms with Gasteiger partial charge in [0, 0.05) is 18.0 Å². The summed E-state index contributed by atoms with van der Waals surface area (Å²) in [6.45, 7) is 2.91. The second kappa shape index (κ2) is 6.37. The van der Waals surface area contributed by atoms with Crippen LogP contribution in [-0.4, -0.2) is 41.0 Å². The van der Waals surface area contributed by atoms with Crippen molar-refractivity contribution in [1.29, 1.82) is 0 Å². The molecule has 1 aromatic heterocycles. The first-order valence-corrected chi connectivity index (χ1v) is 7.67. The third-order valence-corrected chi connectivity index (χ3v) is 4.21. The predicted molar refractivity (Wildman–Crippen MR) is 85.9 cm³/mol. The van der Waals surface area contributed by atoms with Gasteiger partial charge in [-0.05, 0) is 38.6 Å². The van der Waals surface area contributed by atoms with Crippen molar-refractivity contribution in [2.75, 3.05) is 25.9 Å². The lowest BCUT2D eigenvalue weighted by Crippen LogP contribution is -2.44. The molecule has 112 valence electrons. The summed E-state index contributed by atoms with van der Waals surface area (Å²) < 4.78 is 0. The van der Waals surface area contributed by atoms with Crippen LogP contribution in [0, 0.1) is 0 Å². The Balaban J connectivity index is 1.83. The lowest BCUT2D eigenvalue weighted by molar-refractivity contribution is 0.136. The lowest BCUT2D eigenvalue weighted by atomic mass is 10.0. The Bertz CT molecular complexity index is 611. The summed E-state index contributed by atoms with van der Waals surface area (Å²) in [5.74, 6) is 1.41. The number of nitrogens with one attached hydrogen (secondary N) is 1. The van der Waals surface area contributed by atoms with Crippen LogP contribution in [-0.2, 0) is 6.54 Å².